The molecule has 0 aliphatic heterocycles. The maximum Gasteiger partial charge on any atom is 0.320 e. The maximum absolute atomic E-state index is 10.8. The van der Waals surface area contributed by atoms with Crippen molar-refractivity contribution in [3.63, 3.8) is 0 Å². The van der Waals surface area contributed by atoms with Gasteiger partial charge in [-0.2, -0.15) is 0 Å². The van der Waals surface area contributed by atoms with Crippen molar-refractivity contribution in [3.8, 4) is 17.0 Å². The van der Waals surface area contributed by atoms with Crippen molar-refractivity contribution in [1.29, 1.82) is 0 Å². The van der Waals surface area contributed by atoms with Gasteiger partial charge in [0.15, 0.2) is 0 Å². The lowest BCUT2D eigenvalue weighted by atomic mass is 10.0. The number of nitrogens with zero attached hydrogens (tertiary/aromatic N) is 1. The lowest BCUT2D eigenvalue weighted by Gasteiger charge is -2.09. The van der Waals surface area contributed by atoms with Crippen molar-refractivity contribution in [2.75, 3.05) is 7.11 Å². The van der Waals surface area contributed by atoms with Crippen LogP contribution >= 0.6 is 0 Å². The first-order valence-corrected chi connectivity index (χ1v) is 6.18. The number of ether oxygens (including phenoxy) is 1. The number of pyridine rings is 1. The predicted molar refractivity (Wildman–Crippen MR) is 75.5 cm³/mol. The molecule has 0 aliphatic carbocycles. The zero-order valence-electron chi connectivity index (χ0n) is 11.1. The molecule has 1 aromatic carbocycles. The van der Waals surface area contributed by atoms with E-state index in [1.54, 1.807) is 13.3 Å². The number of carbonyl (C=O) groups is 1. The third-order valence-electron chi connectivity index (χ3n) is 2.98. The van der Waals surface area contributed by atoms with E-state index in [-0.39, 0.29) is 0 Å². The van der Waals surface area contributed by atoms with Gasteiger partial charge in [-0.25, -0.2) is 4.98 Å². The minimum absolute atomic E-state index is 0.297. The molecule has 0 unspecified atom stereocenters. The molecule has 1 heterocycles. The van der Waals surface area contributed by atoms with Crippen LogP contribution in [0.4, 0.5) is 0 Å². The molecule has 0 bridgehead atoms. The average Bonchev–Trinajstić information content (AvgIpc) is 2.47. The van der Waals surface area contributed by atoms with Gasteiger partial charge in [0, 0.05) is 12.3 Å². The lowest BCUT2D eigenvalue weighted by Crippen LogP contribution is -2.32. The van der Waals surface area contributed by atoms with Gasteiger partial charge in [0.1, 0.15) is 6.04 Å². The third kappa shape index (κ3) is 3.33. The highest BCUT2D eigenvalue weighted by Gasteiger charge is 2.12. The molecule has 3 N–H and O–H groups in total. The SMILES string of the molecule is COc1cc(-c2cccc(C[C@H](N)C(=O)O)c2)ccn1. The number of rotatable bonds is 5. The van der Waals surface area contributed by atoms with Crippen LogP contribution in [0, 0.1) is 0 Å². The summed E-state index contributed by atoms with van der Waals surface area (Å²) >= 11 is 0. The Morgan fingerprint density at radius 1 is 1.35 bits per heavy atom. The summed E-state index contributed by atoms with van der Waals surface area (Å²) in [6, 6.07) is 10.4. The lowest BCUT2D eigenvalue weighted by molar-refractivity contribution is -0.138. The van der Waals surface area contributed by atoms with E-state index < -0.39 is 12.0 Å². The van der Waals surface area contributed by atoms with Crippen LogP contribution in [0.15, 0.2) is 42.6 Å². The Kier molecular flexibility index (Phi) is 4.32. The molecule has 0 fully saturated rings. The van der Waals surface area contributed by atoms with E-state index in [9.17, 15) is 4.79 Å². The van der Waals surface area contributed by atoms with Crippen LogP contribution in [-0.2, 0) is 11.2 Å². The fourth-order valence-electron chi connectivity index (χ4n) is 1.92. The van der Waals surface area contributed by atoms with Crippen molar-refractivity contribution >= 4 is 5.97 Å². The van der Waals surface area contributed by atoms with Gasteiger partial charge >= 0.3 is 5.97 Å². The summed E-state index contributed by atoms with van der Waals surface area (Å²) in [5.74, 6) is -0.462. The van der Waals surface area contributed by atoms with Crippen LogP contribution in [0.1, 0.15) is 5.56 Å². The predicted octanol–water partition coefficient (Wildman–Crippen LogP) is 1.71. The van der Waals surface area contributed by atoms with Gasteiger partial charge in [-0.3, -0.25) is 4.79 Å². The van der Waals surface area contributed by atoms with Crippen molar-refractivity contribution in [2.24, 2.45) is 5.73 Å². The van der Waals surface area contributed by atoms with Gasteiger partial charge in [0.2, 0.25) is 5.88 Å². The average molecular weight is 272 g/mol. The Morgan fingerprint density at radius 3 is 2.80 bits per heavy atom. The second-order valence-corrected chi connectivity index (χ2v) is 4.44. The number of carboxylic acids is 1. The van der Waals surface area contributed by atoms with E-state index in [0.717, 1.165) is 16.7 Å². The molecule has 0 saturated heterocycles. The summed E-state index contributed by atoms with van der Waals surface area (Å²) < 4.78 is 5.09. The standard InChI is InChI=1S/C15H16N2O3/c1-20-14-9-12(5-6-17-14)11-4-2-3-10(7-11)8-13(16)15(18)19/h2-7,9,13H,8,16H2,1H3,(H,18,19)/t13-/m0/s1. The normalized spacial score (nSPS) is 11.9. The quantitative estimate of drug-likeness (QED) is 0.865. The summed E-state index contributed by atoms with van der Waals surface area (Å²) in [5.41, 5.74) is 8.37. The molecule has 0 amide bonds. The van der Waals surface area contributed by atoms with Crippen LogP contribution in [-0.4, -0.2) is 29.2 Å². The number of aliphatic carboxylic acids is 1. The Morgan fingerprint density at radius 2 is 2.10 bits per heavy atom. The highest BCUT2D eigenvalue weighted by molar-refractivity contribution is 5.73. The maximum atomic E-state index is 10.8. The topological polar surface area (TPSA) is 85.4 Å². The van der Waals surface area contributed by atoms with Crippen LogP contribution in [0.3, 0.4) is 0 Å². The molecule has 5 nitrogen and oxygen atoms in total. The zero-order chi connectivity index (χ0) is 14.5. The van der Waals surface area contributed by atoms with E-state index in [1.165, 1.54) is 0 Å². The first-order chi connectivity index (χ1) is 9.60. The van der Waals surface area contributed by atoms with Gasteiger partial charge in [0.25, 0.3) is 0 Å². The third-order valence-corrected chi connectivity index (χ3v) is 2.98. The highest BCUT2D eigenvalue weighted by Crippen LogP contribution is 2.23. The summed E-state index contributed by atoms with van der Waals surface area (Å²) in [6.45, 7) is 0. The molecule has 5 heteroatoms. The van der Waals surface area contributed by atoms with Gasteiger partial charge in [-0.05, 0) is 29.2 Å². The van der Waals surface area contributed by atoms with Crippen LogP contribution in [0.2, 0.25) is 0 Å². The first kappa shape index (κ1) is 14.0. The van der Waals surface area contributed by atoms with Crippen LogP contribution in [0.25, 0.3) is 11.1 Å². The summed E-state index contributed by atoms with van der Waals surface area (Å²) in [6.07, 6.45) is 1.97. The number of benzene rings is 1. The molecule has 1 aromatic heterocycles. The van der Waals surface area contributed by atoms with E-state index >= 15 is 0 Å². The molecule has 20 heavy (non-hydrogen) atoms. The molecule has 0 saturated carbocycles. The molecule has 0 spiro atoms. The molecular formula is C15H16N2O3. The van der Waals surface area contributed by atoms with Crippen molar-refractivity contribution in [3.05, 3.63) is 48.2 Å². The zero-order valence-corrected chi connectivity index (χ0v) is 11.1. The Balaban J connectivity index is 2.27. The van der Waals surface area contributed by atoms with Crippen molar-refractivity contribution < 1.29 is 14.6 Å². The second-order valence-electron chi connectivity index (χ2n) is 4.44. The number of hydrogen-bond donors (Lipinski definition) is 2. The van der Waals surface area contributed by atoms with Crippen molar-refractivity contribution in [1.82, 2.24) is 4.98 Å². The molecule has 104 valence electrons. The minimum atomic E-state index is -0.999. The molecule has 1 atom stereocenters. The summed E-state index contributed by atoms with van der Waals surface area (Å²) in [7, 11) is 1.56. The molecular weight excluding hydrogens is 256 g/mol. The minimum Gasteiger partial charge on any atom is -0.481 e. The fraction of sp³-hybridized carbons (Fsp3) is 0.200. The smallest absolute Gasteiger partial charge is 0.320 e. The molecule has 2 rings (SSSR count). The molecule has 0 radical (unpaired) electrons. The van der Waals surface area contributed by atoms with Gasteiger partial charge < -0.3 is 15.6 Å². The highest BCUT2D eigenvalue weighted by atomic mass is 16.5. The Labute approximate surface area is 117 Å². The van der Waals surface area contributed by atoms with E-state index in [2.05, 4.69) is 4.98 Å². The van der Waals surface area contributed by atoms with Crippen LogP contribution in [0.5, 0.6) is 5.88 Å². The van der Waals surface area contributed by atoms with E-state index in [1.807, 2.05) is 36.4 Å². The van der Waals surface area contributed by atoms with Crippen LogP contribution < -0.4 is 10.5 Å². The Bertz CT molecular complexity index is 614. The number of carboxylic acid groups (broad SMARTS) is 1. The van der Waals surface area contributed by atoms with E-state index in [4.69, 9.17) is 15.6 Å². The van der Waals surface area contributed by atoms with Gasteiger partial charge in [-0.15, -0.1) is 0 Å². The summed E-state index contributed by atoms with van der Waals surface area (Å²) in [5, 5.41) is 8.85. The monoisotopic (exact) mass is 272 g/mol. The van der Waals surface area contributed by atoms with Gasteiger partial charge in [-0.1, -0.05) is 24.3 Å². The number of hydrogen-bond acceptors (Lipinski definition) is 4. The summed E-state index contributed by atoms with van der Waals surface area (Å²) in [4.78, 5) is 14.8. The number of methoxy groups -OCH3 is 1. The molecule has 2 aromatic rings. The van der Waals surface area contributed by atoms with Gasteiger partial charge in [0.05, 0.1) is 7.11 Å². The number of nitrogens with two attached hydrogens (primary N) is 1. The fourth-order valence-corrected chi connectivity index (χ4v) is 1.92. The second kappa shape index (κ2) is 6.16. The van der Waals surface area contributed by atoms with E-state index in [0.29, 0.717) is 12.3 Å². The largest absolute Gasteiger partial charge is 0.481 e. The first-order valence-electron chi connectivity index (χ1n) is 6.18. The number of aromatic nitrogens is 1. The molecule has 0 aliphatic rings. The van der Waals surface area contributed by atoms with Crippen molar-refractivity contribution in [2.45, 2.75) is 12.5 Å². The Hall–Kier alpha value is -2.40.